The highest BCUT2D eigenvalue weighted by atomic mass is 32.2. The average molecular weight is 410 g/mol. The van der Waals surface area contributed by atoms with Gasteiger partial charge in [0.15, 0.2) is 10.0 Å². The Morgan fingerprint density at radius 1 is 1.44 bits per heavy atom. The summed E-state index contributed by atoms with van der Waals surface area (Å²) in [5, 5.41) is 10.5. The predicted octanol–water partition coefficient (Wildman–Crippen LogP) is 3.36. The summed E-state index contributed by atoms with van der Waals surface area (Å²) in [4.78, 5) is 31.9. The fraction of sp³-hybridized carbons (Fsp3) is 0.632. The highest BCUT2D eigenvalue weighted by Gasteiger charge is 2.33. The molecule has 1 aromatic rings. The zero-order valence-corrected chi connectivity index (χ0v) is 17.1. The van der Waals surface area contributed by atoms with Gasteiger partial charge in [0.05, 0.1) is 0 Å². The molecule has 1 amide bonds. The first kappa shape index (κ1) is 20.4. The van der Waals surface area contributed by atoms with Gasteiger partial charge in [0.2, 0.25) is 5.91 Å². The number of thiazole rings is 1. The molecule has 27 heavy (non-hydrogen) atoms. The lowest BCUT2D eigenvalue weighted by atomic mass is 10.1. The number of thioether (sulfide) groups is 1. The minimum atomic E-state index is -0.998. The molecule has 1 aliphatic heterocycles. The Morgan fingerprint density at radius 2 is 2.22 bits per heavy atom. The molecule has 8 heteroatoms. The number of carboxylic acid groups (broad SMARTS) is 1. The Morgan fingerprint density at radius 3 is 2.89 bits per heavy atom. The molecule has 1 atom stereocenters. The molecule has 0 bridgehead atoms. The topological polar surface area (TPSA) is 73.7 Å². The van der Waals surface area contributed by atoms with Crippen LogP contribution < -0.4 is 0 Å². The molecule has 2 heterocycles. The summed E-state index contributed by atoms with van der Waals surface area (Å²) in [6.07, 6.45) is 8.62. The lowest BCUT2D eigenvalue weighted by Crippen LogP contribution is -2.45. The van der Waals surface area contributed by atoms with Crippen LogP contribution in [0.15, 0.2) is 22.4 Å². The summed E-state index contributed by atoms with van der Waals surface area (Å²) in [7, 11) is 0. The Hall–Kier alpha value is -1.38. The summed E-state index contributed by atoms with van der Waals surface area (Å²) in [5.41, 5.74) is 0.0919. The zero-order valence-electron chi connectivity index (χ0n) is 15.5. The van der Waals surface area contributed by atoms with Gasteiger partial charge in [-0.25, -0.2) is 9.78 Å². The number of likely N-dealkylation sites (tertiary alicyclic amines) is 1. The van der Waals surface area contributed by atoms with Gasteiger partial charge in [-0.05, 0) is 19.3 Å². The van der Waals surface area contributed by atoms with Crippen LogP contribution in [0.4, 0.5) is 0 Å². The quantitative estimate of drug-likeness (QED) is 0.472. The first-order valence-electron chi connectivity index (χ1n) is 9.54. The Bertz CT molecular complexity index is 673. The van der Waals surface area contributed by atoms with E-state index in [1.165, 1.54) is 48.8 Å². The molecule has 2 fully saturated rings. The molecule has 1 aliphatic carbocycles. The summed E-state index contributed by atoms with van der Waals surface area (Å²) >= 11 is 2.87. The van der Waals surface area contributed by atoms with Crippen molar-refractivity contribution in [2.75, 3.05) is 25.4 Å². The van der Waals surface area contributed by atoms with Crippen LogP contribution in [-0.2, 0) is 4.79 Å². The number of aromatic carboxylic acids is 1. The van der Waals surface area contributed by atoms with Crippen LogP contribution in [0.2, 0.25) is 0 Å². The number of amides is 1. The van der Waals surface area contributed by atoms with Gasteiger partial charge < -0.3 is 10.0 Å². The SMILES string of the molecule is C=CCN(C[C@H]1CCC(=O)N1CCSc1nc(C(=O)O)cs1)C1CCCC1. The minimum Gasteiger partial charge on any atom is -0.476 e. The fourth-order valence-electron chi connectivity index (χ4n) is 4.02. The van der Waals surface area contributed by atoms with Gasteiger partial charge in [0, 0.05) is 49.3 Å². The molecule has 0 unspecified atom stereocenters. The standard InChI is InChI=1S/C19H27N3O3S2/c1-2-9-21(14-5-3-4-6-14)12-15-7-8-17(23)22(15)10-11-26-19-20-16(13-27-19)18(24)25/h2,13-15H,1,3-12H2,(H,24,25)/t15-/m1/s1. The number of carbonyl (C=O) groups is 2. The molecule has 6 nitrogen and oxygen atoms in total. The molecular formula is C19H27N3O3S2. The second-order valence-corrected chi connectivity index (χ2v) is 9.31. The average Bonchev–Trinajstić information content (AvgIpc) is 3.38. The van der Waals surface area contributed by atoms with Crippen molar-refractivity contribution >= 4 is 35.0 Å². The largest absolute Gasteiger partial charge is 0.476 e. The van der Waals surface area contributed by atoms with Crippen LogP contribution in [0.1, 0.15) is 49.0 Å². The van der Waals surface area contributed by atoms with Crippen molar-refractivity contribution in [2.24, 2.45) is 0 Å². The van der Waals surface area contributed by atoms with Crippen LogP contribution >= 0.6 is 23.1 Å². The van der Waals surface area contributed by atoms with E-state index in [4.69, 9.17) is 5.11 Å². The highest BCUT2D eigenvalue weighted by molar-refractivity contribution is 8.01. The minimum absolute atomic E-state index is 0.0919. The molecule has 1 saturated carbocycles. The van der Waals surface area contributed by atoms with Crippen LogP contribution in [0.3, 0.4) is 0 Å². The van der Waals surface area contributed by atoms with E-state index in [0.717, 1.165) is 29.6 Å². The van der Waals surface area contributed by atoms with Crippen molar-refractivity contribution in [3.63, 3.8) is 0 Å². The first-order chi connectivity index (χ1) is 13.1. The van der Waals surface area contributed by atoms with E-state index in [-0.39, 0.29) is 17.6 Å². The molecule has 0 radical (unpaired) electrons. The van der Waals surface area contributed by atoms with Crippen LogP contribution in [0.5, 0.6) is 0 Å². The molecule has 2 aliphatic rings. The Balaban J connectivity index is 1.53. The fourth-order valence-corrected chi connectivity index (χ4v) is 5.83. The molecule has 0 aromatic carbocycles. The second kappa shape index (κ2) is 9.71. The van der Waals surface area contributed by atoms with Gasteiger partial charge in [0.25, 0.3) is 0 Å². The third-order valence-electron chi connectivity index (χ3n) is 5.36. The third-order valence-corrected chi connectivity index (χ3v) is 7.36. The van der Waals surface area contributed by atoms with E-state index in [0.29, 0.717) is 19.0 Å². The number of nitrogens with zero attached hydrogens (tertiary/aromatic N) is 3. The molecule has 1 saturated heterocycles. The van der Waals surface area contributed by atoms with Crippen LogP contribution in [0.25, 0.3) is 0 Å². The zero-order chi connectivity index (χ0) is 19.2. The molecule has 1 N–H and O–H groups in total. The number of rotatable bonds is 10. The first-order valence-corrected chi connectivity index (χ1v) is 11.4. The van der Waals surface area contributed by atoms with E-state index < -0.39 is 5.97 Å². The summed E-state index contributed by atoms with van der Waals surface area (Å²) in [5.74, 6) is -0.0299. The van der Waals surface area contributed by atoms with Gasteiger partial charge in [-0.1, -0.05) is 30.7 Å². The number of hydrogen-bond donors (Lipinski definition) is 1. The van der Waals surface area contributed by atoms with E-state index in [9.17, 15) is 9.59 Å². The number of carboxylic acids is 1. The van der Waals surface area contributed by atoms with E-state index in [2.05, 4.69) is 16.5 Å². The Labute approximate surface area is 168 Å². The Kier molecular flexibility index (Phi) is 7.32. The van der Waals surface area contributed by atoms with Crippen molar-refractivity contribution in [1.29, 1.82) is 0 Å². The van der Waals surface area contributed by atoms with Crippen molar-refractivity contribution in [3.05, 3.63) is 23.7 Å². The maximum absolute atomic E-state index is 12.4. The molecule has 1 aromatic heterocycles. The summed E-state index contributed by atoms with van der Waals surface area (Å²) < 4.78 is 0.745. The van der Waals surface area contributed by atoms with Crippen molar-refractivity contribution < 1.29 is 14.7 Å². The number of aromatic nitrogens is 1. The van der Waals surface area contributed by atoms with E-state index in [1.807, 2.05) is 11.0 Å². The van der Waals surface area contributed by atoms with Crippen molar-refractivity contribution in [1.82, 2.24) is 14.8 Å². The lowest BCUT2D eigenvalue weighted by molar-refractivity contribution is -0.128. The molecule has 3 rings (SSSR count). The normalized spacial score (nSPS) is 20.7. The number of carbonyl (C=O) groups excluding carboxylic acids is 1. The molecule has 148 valence electrons. The lowest BCUT2D eigenvalue weighted by Gasteiger charge is -2.34. The van der Waals surface area contributed by atoms with Gasteiger partial charge in [-0.2, -0.15) is 0 Å². The third kappa shape index (κ3) is 5.33. The summed E-state index contributed by atoms with van der Waals surface area (Å²) in [6.45, 7) is 6.40. The monoisotopic (exact) mass is 409 g/mol. The van der Waals surface area contributed by atoms with Gasteiger partial charge in [0.1, 0.15) is 0 Å². The van der Waals surface area contributed by atoms with Gasteiger partial charge in [-0.15, -0.1) is 17.9 Å². The predicted molar refractivity (Wildman–Crippen MR) is 109 cm³/mol. The van der Waals surface area contributed by atoms with E-state index in [1.54, 1.807) is 5.38 Å². The van der Waals surface area contributed by atoms with Crippen molar-refractivity contribution in [2.45, 2.75) is 54.9 Å². The highest BCUT2D eigenvalue weighted by Crippen LogP contribution is 2.28. The number of hydrogen-bond acceptors (Lipinski definition) is 6. The maximum Gasteiger partial charge on any atom is 0.355 e. The van der Waals surface area contributed by atoms with Crippen LogP contribution in [-0.4, -0.2) is 69.2 Å². The maximum atomic E-state index is 12.4. The molecule has 0 spiro atoms. The van der Waals surface area contributed by atoms with Crippen LogP contribution in [0, 0.1) is 0 Å². The van der Waals surface area contributed by atoms with Gasteiger partial charge >= 0.3 is 5.97 Å². The second-order valence-electron chi connectivity index (χ2n) is 7.11. The van der Waals surface area contributed by atoms with Gasteiger partial charge in [-0.3, -0.25) is 9.69 Å². The van der Waals surface area contributed by atoms with E-state index >= 15 is 0 Å². The summed E-state index contributed by atoms with van der Waals surface area (Å²) in [6, 6.07) is 0.893. The smallest absolute Gasteiger partial charge is 0.355 e. The van der Waals surface area contributed by atoms with Crippen molar-refractivity contribution in [3.8, 4) is 0 Å². The molecular weight excluding hydrogens is 382 g/mol.